The summed E-state index contributed by atoms with van der Waals surface area (Å²) in [5, 5.41) is 0.830. The fourth-order valence-corrected chi connectivity index (χ4v) is 5.91. The average molecular weight is 435 g/mol. The van der Waals surface area contributed by atoms with Gasteiger partial charge in [-0.05, 0) is 60.7 Å². The molecule has 0 radical (unpaired) electrons. The average Bonchev–Trinajstić information content (AvgIpc) is 2.95. The van der Waals surface area contributed by atoms with Crippen molar-refractivity contribution in [1.82, 2.24) is 4.90 Å². The molecule has 2 nitrogen and oxygen atoms in total. The third-order valence-corrected chi connectivity index (χ3v) is 7.73. The number of halogens is 1. The molecular formula is C26H27ClN2S. The molecule has 3 aromatic carbocycles. The standard InChI is InChI=1S/C26H27ClN2S/c27-22-10-11-25-21(18-22)19-29(24-8-4-5-9-26(24)30-25)23-13-16-28(17-14-23)15-12-20-6-2-1-3-7-20/h1-11,18,23H,12-17,19H2. The Morgan fingerprint density at radius 1 is 0.867 bits per heavy atom. The maximum Gasteiger partial charge on any atom is 0.0513 e. The van der Waals surface area contributed by atoms with Gasteiger partial charge < -0.3 is 9.80 Å². The van der Waals surface area contributed by atoms with Crippen LogP contribution in [-0.2, 0) is 13.0 Å². The van der Waals surface area contributed by atoms with E-state index in [4.69, 9.17) is 11.6 Å². The lowest BCUT2D eigenvalue weighted by Gasteiger charge is -2.40. The Labute approximate surface area is 188 Å². The number of piperidine rings is 1. The van der Waals surface area contributed by atoms with Crippen molar-refractivity contribution in [3.05, 3.63) is 88.9 Å². The number of nitrogens with zero attached hydrogens (tertiary/aromatic N) is 2. The zero-order chi connectivity index (χ0) is 20.3. The molecular weight excluding hydrogens is 408 g/mol. The molecule has 0 saturated carbocycles. The lowest BCUT2D eigenvalue weighted by atomic mass is 10.0. The second-order valence-corrected chi connectivity index (χ2v) is 9.78. The number of hydrogen-bond donors (Lipinski definition) is 0. The number of benzene rings is 3. The van der Waals surface area contributed by atoms with Crippen LogP contribution in [0.15, 0.2) is 82.6 Å². The third-order valence-electron chi connectivity index (χ3n) is 6.32. The van der Waals surface area contributed by atoms with Crippen LogP contribution in [-0.4, -0.2) is 30.6 Å². The second-order valence-electron chi connectivity index (χ2n) is 8.26. The van der Waals surface area contributed by atoms with Crippen LogP contribution in [0.25, 0.3) is 0 Å². The van der Waals surface area contributed by atoms with E-state index >= 15 is 0 Å². The predicted molar refractivity (Wildman–Crippen MR) is 128 cm³/mol. The molecule has 2 aliphatic rings. The van der Waals surface area contributed by atoms with E-state index < -0.39 is 0 Å². The van der Waals surface area contributed by atoms with Crippen molar-refractivity contribution < 1.29 is 0 Å². The number of anilines is 1. The van der Waals surface area contributed by atoms with Crippen LogP contribution in [0.1, 0.15) is 24.0 Å². The van der Waals surface area contributed by atoms with E-state index in [1.165, 1.54) is 52.5 Å². The molecule has 2 aliphatic heterocycles. The smallest absolute Gasteiger partial charge is 0.0513 e. The number of para-hydroxylation sites is 1. The highest BCUT2D eigenvalue weighted by Gasteiger charge is 2.29. The van der Waals surface area contributed by atoms with Gasteiger partial charge in [0, 0.05) is 47.0 Å². The topological polar surface area (TPSA) is 6.48 Å². The second kappa shape index (κ2) is 9.05. The molecule has 0 unspecified atom stereocenters. The molecule has 1 fully saturated rings. The van der Waals surface area contributed by atoms with Crippen LogP contribution in [0.3, 0.4) is 0 Å². The monoisotopic (exact) mass is 434 g/mol. The minimum Gasteiger partial charge on any atom is -0.363 e. The van der Waals surface area contributed by atoms with Gasteiger partial charge in [0.2, 0.25) is 0 Å². The van der Waals surface area contributed by atoms with Gasteiger partial charge in [-0.3, -0.25) is 0 Å². The van der Waals surface area contributed by atoms with Crippen molar-refractivity contribution in [3.8, 4) is 0 Å². The lowest BCUT2D eigenvalue weighted by Crippen LogP contribution is -2.45. The Morgan fingerprint density at radius 2 is 1.63 bits per heavy atom. The van der Waals surface area contributed by atoms with E-state index in [9.17, 15) is 0 Å². The van der Waals surface area contributed by atoms with Crippen LogP contribution < -0.4 is 4.90 Å². The molecule has 3 aromatic rings. The molecule has 1 saturated heterocycles. The van der Waals surface area contributed by atoms with Crippen LogP contribution >= 0.6 is 23.4 Å². The molecule has 5 rings (SSSR count). The van der Waals surface area contributed by atoms with Gasteiger partial charge in [0.1, 0.15) is 0 Å². The Morgan fingerprint density at radius 3 is 2.47 bits per heavy atom. The first-order valence-corrected chi connectivity index (χ1v) is 12.0. The molecule has 154 valence electrons. The van der Waals surface area contributed by atoms with Crippen molar-refractivity contribution >= 4 is 29.1 Å². The number of fused-ring (bicyclic) bond motifs is 2. The Balaban J connectivity index is 1.30. The minimum absolute atomic E-state index is 0.574. The lowest BCUT2D eigenvalue weighted by molar-refractivity contribution is 0.210. The summed E-state index contributed by atoms with van der Waals surface area (Å²) in [6.07, 6.45) is 3.56. The molecule has 0 atom stereocenters. The zero-order valence-electron chi connectivity index (χ0n) is 17.1. The van der Waals surface area contributed by atoms with Crippen molar-refractivity contribution in [2.24, 2.45) is 0 Å². The van der Waals surface area contributed by atoms with Gasteiger partial charge in [-0.15, -0.1) is 0 Å². The predicted octanol–water partition coefficient (Wildman–Crippen LogP) is 6.52. The summed E-state index contributed by atoms with van der Waals surface area (Å²) < 4.78 is 0. The maximum absolute atomic E-state index is 6.34. The van der Waals surface area contributed by atoms with Gasteiger partial charge in [-0.2, -0.15) is 0 Å². The van der Waals surface area contributed by atoms with Crippen LogP contribution in [0.4, 0.5) is 5.69 Å². The van der Waals surface area contributed by atoms with Crippen molar-refractivity contribution in [2.75, 3.05) is 24.5 Å². The van der Waals surface area contributed by atoms with Crippen LogP contribution in [0.5, 0.6) is 0 Å². The summed E-state index contributed by atoms with van der Waals surface area (Å²) in [6.45, 7) is 4.44. The van der Waals surface area contributed by atoms with Crippen LogP contribution in [0.2, 0.25) is 5.02 Å². The first-order valence-electron chi connectivity index (χ1n) is 10.8. The first-order chi connectivity index (χ1) is 14.8. The molecule has 0 spiro atoms. The van der Waals surface area contributed by atoms with Gasteiger partial charge in [0.15, 0.2) is 0 Å². The molecule has 30 heavy (non-hydrogen) atoms. The van der Waals surface area contributed by atoms with Gasteiger partial charge in [-0.25, -0.2) is 0 Å². The van der Waals surface area contributed by atoms with Gasteiger partial charge in [-0.1, -0.05) is 65.8 Å². The molecule has 0 N–H and O–H groups in total. The Hall–Kier alpha value is -1.94. The number of likely N-dealkylation sites (tertiary alicyclic amines) is 1. The van der Waals surface area contributed by atoms with Gasteiger partial charge in [0.05, 0.1) is 5.69 Å². The number of rotatable bonds is 4. The summed E-state index contributed by atoms with van der Waals surface area (Å²) in [7, 11) is 0. The Bertz CT molecular complexity index is 999. The molecule has 0 aromatic heterocycles. The molecule has 0 bridgehead atoms. The van der Waals surface area contributed by atoms with E-state index in [0.29, 0.717) is 6.04 Å². The summed E-state index contributed by atoms with van der Waals surface area (Å²) >= 11 is 8.22. The van der Waals surface area contributed by atoms with Gasteiger partial charge in [0.25, 0.3) is 0 Å². The third kappa shape index (κ3) is 4.39. The minimum atomic E-state index is 0.574. The van der Waals surface area contributed by atoms with Crippen molar-refractivity contribution in [1.29, 1.82) is 0 Å². The molecule has 0 aliphatic carbocycles. The van der Waals surface area contributed by atoms with E-state index in [1.807, 2.05) is 17.8 Å². The van der Waals surface area contributed by atoms with E-state index in [1.54, 1.807) is 0 Å². The summed E-state index contributed by atoms with van der Waals surface area (Å²) in [5.74, 6) is 0. The quantitative estimate of drug-likeness (QED) is 0.461. The summed E-state index contributed by atoms with van der Waals surface area (Å²) in [6, 6.07) is 26.6. The van der Waals surface area contributed by atoms with Gasteiger partial charge >= 0.3 is 0 Å². The highest BCUT2D eigenvalue weighted by molar-refractivity contribution is 7.99. The summed E-state index contributed by atoms with van der Waals surface area (Å²) in [4.78, 5) is 7.95. The zero-order valence-corrected chi connectivity index (χ0v) is 18.7. The molecule has 2 heterocycles. The van der Waals surface area contributed by atoms with Crippen molar-refractivity contribution in [3.63, 3.8) is 0 Å². The normalized spacial score (nSPS) is 17.3. The largest absolute Gasteiger partial charge is 0.363 e. The SMILES string of the molecule is Clc1ccc2c(c1)CN(C1CCN(CCc3ccccc3)CC1)c1ccccc1S2. The summed E-state index contributed by atoms with van der Waals surface area (Å²) in [5.41, 5.74) is 4.15. The molecule has 4 heteroatoms. The number of hydrogen-bond acceptors (Lipinski definition) is 3. The van der Waals surface area contributed by atoms with E-state index in [0.717, 1.165) is 24.5 Å². The van der Waals surface area contributed by atoms with E-state index in [2.05, 4.69) is 76.5 Å². The highest BCUT2D eigenvalue weighted by atomic mass is 35.5. The van der Waals surface area contributed by atoms with Crippen LogP contribution in [0, 0.1) is 0 Å². The maximum atomic E-state index is 6.34. The highest BCUT2D eigenvalue weighted by Crippen LogP contribution is 2.43. The fraction of sp³-hybridized carbons (Fsp3) is 0.308. The molecule has 0 amide bonds. The first kappa shape index (κ1) is 20.0. The fourth-order valence-electron chi connectivity index (χ4n) is 4.65. The van der Waals surface area contributed by atoms with E-state index in [-0.39, 0.29) is 0 Å². The Kier molecular flexibility index (Phi) is 6.03. The van der Waals surface area contributed by atoms with Crippen molar-refractivity contribution in [2.45, 2.75) is 41.6 Å².